The standard InChI is InChI=1S/C24H28N2O9S/c1-15-22(26(24(15)27)17-13-20(31-3)23(33-5)21(14-17)32-4)16-6-7-18(30-2)19(12-16)35-36(28,29)25-8-10-34-11-9-25/h6-7,12-14,22H,1,8-11H2,2-5H3. The molecule has 1 unspecified atom stereocenters. The van der Waals surface area contributed by atoms with Crippen molar-refractivity contribution in [1.29, 1.82) is 0 Å². The Morgan fingerprint density at radius 3 is 2.06 bits per heavy atom. The van der Waals surface area contributed by atoms with Gasteiger partial charge in [0.1, 0.15) is 0 Å². The van der Waals surface area contributed by atoms with Crippen LogP contribution in [0.15, 0.2) is 42.5 Å². The molecule has 2 aliphatic heterocycles. The van der Waals surface area contributed by atoms with E-state index >= 15 is 0 Å². The number of anilines is 1. The molecule has 1 atom stereocenters. The first-order valence-corrected chi connectivity index (χ1v) is 12.4. The predicted octanol–water partition coefficient (Wildman–Crippen LogP) is 2.32. The van der Waals surface area contributed by atoms with Crippen LogP contribution in [0.1, 0.15) is 11.6 Å². The third-order valence-electron chi connectivity index (χ3n) is 5.99. The van der Waals surface area contributed by atoms with Crippen molar-refractivity contribution in [3.05, 3.63) is 48.0 Å². The second-order valence-corrected chi connectivity index (χ2v) is 9.49. The summed E-state index contributed by atoms with van der Waals surface area (Å²) in [6.45, 7) is 4.87. The molecule has 1 amide bonds. The summed E-state index contributed by atoms with van der Waals surface area (Å²) in [6, 6.07) is 7.57. The van der Waals surface area contributed by atoms with Gasteiger partial charge in [-0.2, -0.15) is 12.7 Å². The minimum atomic E-state index is -4.09. The van der Waals surface area contributed by atoms with Gasteiger partial charge in [-0.25, -0.2) is 0 Å². The summed E-state index contributed by atoms with van der Waals surface area (Å²) >= 11 is 0. The maximum atomic E-state index is 12.9. The van der Waals surface area contributed by atoms with Crippen molar-refractivity contribution in [3.63, 3.8) is 0 Å². The zero-order valence-corrected chi connectivity index (χ0v) is 21.3. The topological polar surface area (TPSA) is 113 Å². The summed E-state index contributed by atoms with van der Waals surface area (Å²) < 4.78 is 59.2. The Labute approximate surface area is 209 Å². The lowest BCUT2D eigenvalue weighted by molar-refractivity contribution is -0.119. The average Bonchev–Trinajstić information content (AvgIpc) is 2.90. The molecule has 2 aromatic rings. The minimum absolute atomic E-state index is 0.00140. The maximum Gasteiger partial charge on any atom is 0.385 e. The second kappa shape index (κ2) is 10.2. The van der Waals surface area contributed by atoms with Gasteiger partial charge in [0.2, 0.25) is 5.75 Å². The zero-order chi connectivity index (χ0) is 26.0. The Balaban J connectivity index is 1.71. The van der Waals surface area contributed by atoms with Crippen molar-refractivity contribution in [2.45, 2.75) is 6.04 Å². The van der Waals surface area contributed by atoms with E-state index in [0.29, 0.717) is 34.1 Å². The first-order chi connectivity index (χ1) is 17.2. The number of ether oxygens (including phenoxy) is 5. The summed E-state index contributed by atoms with van der Waals surface area (Å²) in [7, 11) is 1.78. The molecule has 12 heteroatoms. The van der Waals surface area contributed by atoms with Crippen LogP contribution in [0.4, 0.5) is 5.69 Å². The third-order valence-corrected chi connectivity index (χ3v) is 7.38. The zero-order valence-electron chi connectivity index (χ0n) is 20.5. The molecule has 0 saturated carbocycles. The van der Waals surface area contributed by atoms with Crippen molar-refractivity contribution in [3.8, 4) is 28.7 Å². The number of benzene rings is 2. The molecule has 194 valence electrons. The normalized spacial score (nSPS) is 18.4. The van der Waals surface area contributed by atoms with E-state index in [2.05, 4.69) is 6.58 Å². The molecule has 4 rings (SSSR count). The number of rotatable bonds is 9. The Kier molecular flexibility index (Phi) is 7.29. The number of methoxy groups -OCH3 is 4. The minimum Gasteiger partial charge on any atom is -0.493 e. The van der Waals surface area contributed by atoms with Gasteiger partial charge >= 0.3 is 10.3 Å². The van der Waals surface area contributed by atoms with Crippen molar-refractivity contribution in [1.82, 2.24) is 4.31 Å². The number of amides is 1. The van der Waals surface area contributed by atoms with Crippen LogP contribution in [-0.2, 0) is 19.8 Å². The SMILES string of the molecule is C=C1C(=O)N(c2cc(OC)c(OC)c(OC)c2)C1c1ccc(OC)c(OS(=O)(=O)N2CCOCC2)c1. The number of carbonyl (C=O) groups is 1. The highest BCUT2D eigenvalue weighted by molar-refractivity contribution is 7.84. The van der Waals surface area contributed by atoms with E-state index in [1.54, 1.807) is 24.3 Å². The van der Waals surface area contributed by atoms with E-state index in [-0.39, 0.29) is 43.7 Å². The van der Waals surface area contributed by atoms with Crippen molar-refractivity contribution >= 4 is 21.9 Å². The molecule has 2 aromatic carbocycles. The van der Waals surface area contributed by atoms with Gasteiger partial charge in [-0.05, 0) is 17.7 Å². The van der Waals surface area contributed by atoms with Crippen molar-refractivity contribution in [2.75, 3.05) is 59.6 Å². The second-order valence-electron chi connectivity index (χ2n) is 7.95. The summed E-state index contributed by atoms with van der Waals surface area (Å²) in [5, 5.41) is 0. The van der Waals surface area contributed by atoms with Gasteiger partial charge in [-0.3, -0.25) is 9.69 Å². The van der Waals surface area contributed by atoms with E-state index in [0.717, 1.165) is 0 Å². The molecule has 0 N–H and O–H groups in total. The number of hydrogen-bond acceptors (Lipinski definition) is 9. The molecule has 2 saturated heterocycles. The molecule has 0 bridgehead atoms. The lowest BCUT2D eigenvalue weighted by Gasteiger charge is -2.42. The summed E-state index contributed by atoms with van der Waals surface area (Å²) in [6.07, 6.45) is 0. The van der Waals surface area contributed by atoms with Gasteiger partial charge in [0.15, 0.2) is 23.0 Å². The largest absolute Gasteiger partial charge is 0.493 e. The molecule has 0 aliphatic carbocycles. The van der Waals surface area contributed by atoms with Gasteiger partial charge in [0.25, 0.3) is 5.91 Å². The summed E-state index contributed by atoms with van der Waals surface area (Å²) in [5.41, 5.74) is 1.41. The quantitative estimate of drug-likeness (QED) is 0.363. The van der Waals surface area contributed by atoms with Crippen LogP contribution in [0.3, 0.4) is 0 Å². The molecule has 0 radical (unpaired) electrons. The molecule has 0 aromatic heterocycles. The fraction of sp³-hybridized carbons (Fsp3) is 0.375. The summed E-state index contributed by atoms with van der Waals surface area (Å²) in [4.78, 5) is 14.4. The fourth-order valence-electron chi connectivity index (χ4n) is 4.17. The average molecular weight is 521 g/mol. The van der Waals surface area contributed by atoms with Gasteiger partial charge < -0.3 is 27.9 Å². The van der Waals surface area contributed by atoms with E-state index in [4.69, 9.17) is 27.9 Å². The van der Waals surface area contributed by atoms with Gasteiger partial charge in [-0.1, -0.05) is 12.6 Å². The van der Waals surface area contributed by atoms with Crippen LogP contribution < -0.4 is 28.0 Å². The van der Waals surface area contributed by atoms with E-state index in [1.165, 1.54) is 43.7 Å². The molecule has 11 nitrogen and oxygen atoms in total. The molecule has 2 heterocycles. The van der Waals surface area contributed by atoms with E-state index in [1.807, 2.05) is 0 Å². The van der Waals surface area contributed by atoms with Crippen LogP contribution in [0.5, 0.6) is 28.7 Å². The Bertz CT molecular complexity index is 1250. The Morgan fingerprint density at radius 1 is 0.889 bits per heavy atom. The predicted molar refractivity (Wildman–Crippen MR) is 130 cm³/mol. The lowest BCUT2D eigenvalue weighted by atomic mass is 9.88. The first kappa shape index (κ1) is 25.6. The smallest absolute Gasteiger partial charge is 0.385 e. The van der Waals surface area contributed by atoms with Crippen LogP contribution in [0, 0.1) is 0 Å². The van der Waals surface area contributed by atoms with E-state index in [9.17, 15) is 13.2 Å². The highest BCUT2D eigenvalue weighted by Gasteiger charge is 2.44. The van der Waals surface area contributed by atoms with Gasteiger partial charge in [0, 0.05) is 30.8 Å². The molecule has 36 heavy (non-hydrogen) atoms. The molecule has 2 fully saturated rings. The molecular weight excluding hydrogens is 492 g/mol. The van der Waals surface area contributed by atoms with Crippen LogP contribution in [-0.4, -0.2) is 73.4 Å². The maximum absolute atomic E-state index is 12.9. The lowest BCUT2D eigenvalue weighted by Crippen LogP contribution is -2.48. The first-order valence-electron chi connectivity index (χ1n) is 11.0. The number of morpholine rings is 1. The fourth-order valence-corrected chi connectivity index (χ4v) is 5.23. The number of β-lactam (4-membered cyclic amide) rings is 1. The van der Waals surface area contributed by atoms with Crippen molar-refractivity contribution in [2.24, 2.45) is 0 Å². The number of carbonyl (C=O) groups excluding carboxylic acids is 1. The highest BCUT2D eigenvalue weighted by Crippen LogP contribution is 2.48. The van der Waals surface area contributed by atoms with Gasteiger partial charge in [0.05, 0.1) is 53.4 Å². The van der Waals surface area contributed by atoms with E-state index < -0.39 is 16.3 Å². The third kappa shape index (κ3) is 4.54. The molecule has 2 aliphatic rings. The Morgan fingerprint density at radius 2 is 1.50 bits per heavy atom. The molecule has 0 spiro atoms. The van der Waals surface area contributed by atoms with Crippen LogP contribution in [0.2, 0.25) is 0 Å². The van der Waals surface area contributed by atoms with Gasteiger partial charge in [-0.15, -0.1) is 0 Å². The monoisotopic (exact) mass is 520 g/mol. The number of nitrogens with zero attached hydrogens (tertiary/aromatic N) is 2. The highest BCUT2D eigenvalue weighted by atomic mass is 32.2. The number of hydrogen-bond donors (Lipinski definition) is 0. The van der Waals surface area contributed by atoms with Crippen molar-refractivity contribution < 1.29 is 41.1 Å². The Hall–Kier alpha value is -3.48. The van der Waals surface area contributed by atoms with Crippen LogP contribution >= 0.6 is 0 Å². The van der Waals surface area contributed by atoms with Crippen LogP contribution in [0.25, 0.3) is 0 Å². The summed E-state index contributed by atoms with van der Waals surface area (Å²) in [5.74, 6) is 1.08. The molecular formula is C24H28N2O9S.